The van der Waals surface area contributed by atoms with Crippen LogP contribution in [0.5, 0.6) is 0 Å². The first kappa shape index (κ1) is 32.1. The minimum Gasteiger partial charge on any atom is -0.481 e. The number of hydrogen-bond acceptors (Lipinski definition) is 2. The Labute approximate surface area is 204 Å². The fraction of sp³-hybridized carbons (Fsp3) is 0.920. The van der Waals surface area contributed by atoms with Gasteiger partial charge in [-0.15, -0.1) is 0 Å². The smallest absolute Gasteiger partial charge is 0.314 e. The van der Waals surface area contributed by atoms with Gasteiger partial charge in [-0.3, -0.25) is 9.59 Å². The van der Waals surface area contributed by atoms with E-state index < -0.39 is 18.4 Å². The monoisotopic (exact) mass is 436 g/mol. The van der Waals surface area contributed by atoms with Crippen LogP contribution in [0.4, 0.5) is 0 Å². The van der Waals surface area contributed by atoms with Gasteiger partial charge in [0.05, 0.1) is 0 Å². The molecule has 0 atom stereocenters. The molecule has 0 aromatic carbocycles. The van der Waals surface area contributed by atoms with E-state index >= 15 is 0 Å². The molecule has 0 bridgehead atoms. The first-order chi connectivity index (χ1) is 14.2. The van der Waals surface area contributed by atoms with E-state index in [0.717, 1.165) is 2.66 Å². The third-order valence-corrected chi connectivity index (χ3v) is 6.72. The summed E-state index contributed by atoms with van der Waals surface area (Å²) in [5.41, 5.74) is 0. The fourth-order valence-electron chi connectivity index (χ4n) is 3.73. The fourth-order valence-corrected chi connectivity index (χ4v) is 4.44. The molecular formula is C25H49NaO4. The van der Waals surface area contributed by atoms with E-state index in [4.69, 9.17) is 10.2 Å². The van der Waals surface area contributed by atoms with Gasteiger partial charge in [-0.1, -0.05) is 0 Å². The quantitative estimate of drug-likeness (QED) is 0.115. The Morgan fingerprint density at radius 3 is 1.10 bits per heavy atom. The molecule has 0 amide bonds. The summed E-state index contributed by atoms with van der Waals surface area (Å²) >= 11 is 1.39. The van der Waals surface area contributed by atoms with Crippen LogP contribution in [0.2, 0.25) is 2.66 Å². The van der Waals surface area contributed by atoms with Crippen molar-refractivity contribution in [3.63, 3.8) is 0 Å². The van der Waals surface area contributed by atoms with Crippen LogP contribution >= 0.6 is 0 Å². The number of carboxylic acid groups (broad SMARTS) is 2. The molecule has 0 aliphatic rings. The summed E-state index contributed by atoms with van der Waals surface area (Å²) in [6, 6.07) is 0. The Balaban J connectivity index is 0. The number of unbranched alkanes of at least 4 members (excludes halogenated alkanes) is 14. The molecule has 2 N–H and O–H groups in total. The molecule has 174 valence electrons. The number of rotatable bonds is 20. The van der Waals surface area contributed by atoms with E-state index in [1.54, 1.807) is 0 Å². The molecule has 30 heavy (non-hydrogen) atoms. The number of aliphatic carboxylic acids is 2. The number of hydrogen-bond donors (Lipinski definition) is 2. The maximum Gasteiger partial charge on any atom is 0.314 e. The third kappa shape index (κ3) is 30.1. The van der Waals surface area contributed by atoms with Gasteiger partial charge in [-0.2, -0.15) is 0 Å². The van der Waals surface area contributed by atoms with Crippen LogP contribution in [0, 0.1) is 0 Å². The van der Waals surface area contributed by atoms with Gasteiger partial charge in [0.2, 0.25) is 0 Å². The Morgan fingerprint density at radius 2 is 0.867 bits per heavy atom. The molecule has 0 aromatic heterocycles. The van der Waals surface area contributed by atoms with E-state index in [1.165, 1.54) is 144 Å². The average molecular weight is 437 g/mol. The van der Waals surface area contributed by atoms with Crippen LogP contribution in [-0.2, 0) is 9.59 Å². The molecule has 0 unspecified atom stereocenters. The van der Waals surface area contributed by atoms with Crippen molar-refractivity contribution < 1.29 is 19.8 Å². The molecule has 0 rings (SSSR count). The van der Waals surface area contributed by atoms with Crippen LogP contribution in [0.15, 0.2) is 0 Å². The Morgan fingerprint density at radius 1 is 0.600 bits per heavy atom. The Hall–Kier alpha value is -0.0600. The minimum atomic E-state index is -1.31. The van der Waals surface area contributed by atoms with Gasteiger partial charge in [0, 0.05) is 0 Å². The van der Waals surface area contributed by atoms with Crippen molar-refractivity contribution in [2.75, 3.05) is 0 Å². The van der Waals surface area contributed by atoms with E-state index in [9.17, 15) is 9.59 Å². The van der Waals surface area contributed by atoms with Crippen molar-refractivity contribution in [1.29, 1.82) is 0 Å². The van der Waals surface area contributed by atoms with Crippen LogP contribution in [0.3, 0.4) is 0 Å². The van der Waals surface area contributed by atoms with Gasteiger partial charge < -0.3 is 10.2 Å². The van der Waals surface area contributed by atoms with Gasteiger partial charge in [0.1, 0.15) is 6.42 Å². The maximum absolute atomic E-state index is 9.43. The predicted octanol–water partition coefficient (Wildman–Crippen LogP) is 7.94. The molecule has 0 radical (unpaired) electrons. The zero-order valence-electron chi connectivity index (χ0n) is 20.6. The van der Waals surface area contributed by atoms with Crippen LogP contribution in [-0.4, -0.2) is 50.1 Å². The normalized spacial score (nSPS) is 11.1. The van der Waals surface area contributed by atoms with Gasteiger partial charge in [0.15, 0.2) is 0 Å². The standard InChI is InChI=1S/C22H45.C3H4O4.Na/c1-4-6-8-10-12-14-16-18-20-22(3)21-19-17-15-13-11-9-7-5-2;4-2(5)1-3(6)7;/h4-21H2,1-3H3;1H2,(H,4,5)(H,6,7);. The molecule has 0 saturated carbocycles. The average Bonchev–Trinajstić information content (AvgIpc) is 2.65. The molecule has 0 aliphatic heterocycles. The SMILES string of the molecule is CCCCCCCCCC[C](C)([Na])CCCCCCCCCC.O=C(O)CC(=O)O. The van der Waals surface area contributed by atoms with Crippen LogP contribution in [0.25, 0.3) is 0 Å². The van der Waals surface area contributed by atoms with Gasteiger partial charge in [-0.25, -0.2) is 0 Å². The zero-order chi connectivity index (χ0) is 23.1. The van der Waals surface area contributed by atoms with Crippen molar-refractivity contribution in [3.8, 4) is 0 Å². The van der Waals surface area contributed by atoms with Crippen LogP contribution in [0.1, 0.15) is 143 Å². The van der Waals surface area contributed by atoms with E-state index in [2.05, 4.69) is 20.8 Å². The van der Waals surface area contributed by atoms with Gasteiger partial charge in [0.25, 0.3) is 0 Å². The summed E-state index contributed by atoms with van der Waals surface area (Å²) < 4.78 is 0.727. The van der Waals surface area contributed by atoms with Gasteiger partial charge in [-0.05, 0) is 0 Å². The molecule has 0 aromatic rings. The van der Waals surface area contributed by atoms with Gasteiger partial charge >= 0.3 is 179 Å². The summed E-state index contributed by atoms with van der Waals surface area (Å²) in [6.07, 6.45) is 25.6. The second kappa shape index (κ2) is 23.6. The molecule has 4 nitrogen and oxygen atoms in total. The van der Waals surface area contributed by atoms with Crippen molar-refractivity contribution in [1.82, 2.24) is 0 Å². The maximum atomic E-state index is 9.43. The molecule has 0 spiro atoms. The number of carbonyl (C=O) groups is 2. The first-order valence-corrected chi connectivity index (χ1v) is 13.7. The summed E-state index contributed by atoms with van der Waals surface area (Å²) in [6.45, 7) is 7.17. The number of carboxylic acids is 2. The van der Waals surface area contributed by atoms with Crippen molar-refractivity contribution in [2.24, 2.45) is 0 Å². The molecular weight excluding hydrogens is 387 g/mol. The summed E-state index contributed by atoms with van der Waals surface area (Å²) in [5.74, 6) is -2.62. The van der Waals surface area contributed by atoms with E-state index in [-0.39, 0.29) is 0 Å². The first-order valence-electron chi connectivity index (χ1n) is 12.7. The second-order valence-corrected chi connectivity index (χ2v) is 12.0. The molecule has 0 aliphatic carbocycles. The topological polar surface area (TPSA) is 74.6 Å². The summed E-state index contributed by atoms with van der Waals surface area (Å²) in [5, 5.41) is 15.4. The Kier molecular flexibility index (Phi) is 25.3. The Bertz CT molecular complexity index is 363. The van der Waals surface area contributed by atoms with E-state index in [0.29, 0.717) is 0 Å². The molecule has 0 heterocycles. The molecule has 5 heteroatoms. The largest absolute Gasteiger partial charge is 0.481 e. The van der Waals surface area contributed by atoms with Crippen LogP contribution < -0.4 is 0 Å². The van der Waals surface area contributed by atoms with Crippen molar-refractivity contribution in [3.05, 3.63) is 0 Å². The second-order valence-electron chi connectivity index (χ2n) is 9.58. The summed E-state index contributed by atoms with van der Waals surface area (Å²) in [7, 11) is 0. The zero-order valence-corrected chi connectivity index (χ0v) is 22.6. The van der Waals surface area contributed by atoms with E-state index in [1.807, 2.05) is 0 Å². The molecule has 0 saturated heterocycles. The molecule has 0 fully saturated rings. The summed E-state index contributed by atoms with van der Waals surface area (Å²) in [4.78, 5) is 18.9. The third-order valence-electron chi connectivity index (χ3n) is 5.72. The van der Waals surface area contributed by atoms with Crippen molar-refractivity contribution in [2.45, 2.75) is 145 Å². The predicted molar refractivity (Wildman–Crippen MR) is 128 cm³/mol. The minimum absolute atomic E-state index is 0.727. The van der Waals surface area contributed by atoms with Crippen molar-refractivity contribution >= 4 is 39.9 Å².